The molecule has 1 aliphatic rings. The van der Waals surface area contributed by atoms with E-state index in [1.54, 1.807) is 0 Å². The van der Waals surface area contributed by atoms with E-state index in [4.69, 9.17) is 12.2 Å². The van der Waals surface area contributed by atoms with Gasteiger partial charge in [-0.05, 0) is 44.5 Å². The number of aromatic nitrogens is 3. The molecule has 0 spiro atoms. The van der Waals surface area contributed by atoms with E-state index in [0.29, 0.717) is 23.1 Å². The van der Waals surface area contributed by atoms with Crippen molar-refractivity contribution in [2.24, 2.45) is 5.92 Å². The minimum atomic E-state index is 0.119. The lowest BCUT2D eigenvalue weighted by Crippen LogP contribution is -2.37. The molecule has 1 N–H and O–H groups in total. The summed E-state index contributed by atoms with van der Waals surface area (Å²) < 4.78 is 2.53. The molecule has 3 rings (SSSR count). The number of carbonyl (C=O) groups is 1. The highest BCUT2D eigenvalue weighted by Gasteiger charge is 2.27. The molecule has 0 unspecified atom stereocenters. The molecule has 1 aromatic carbocycles. The van der Waals surface area contributed by atoms with Crippen molar-refractivity contribution >= 4 is 18.0 Å². The third-order valence-electron chi connectivity index (χ3n) is 5.19. The van der Waals surface area contributed by atoms with Gasteiger partial charge in [-0.3, -0.25) is 14.8 Å². The number of H-pyrrole nitrogens is 1. The predicted octanol–water partition coefficient (Wildman–Crippen LogP) is 4.23. The van der Waals surface area contributed by atoms with Crippen molar-refractivity contribution in [1.82, 2.24) is 19.7 Å². The molecule has 0 bridgehead atoms. The van der Waals surface area contributed by atoms with Crippen molar-refractivity contribution in [3.05, 3.63) is 45.5 Å². The van der Waals surface area contributed by atoms with Crippen molar-refractivity contribution in [2.45, 2.75) is 53.1 Å². The van der Waals surface area contributed by atoms with Crippen LogP contribution in [0.15, 0.2) is 18.2 Å². The summed E-state index contributed by atoms with van der Waals surface area (Å²) in [4.78, 5) is 19.6. The molecule has 1 aromatic heterocycles. The zero-order valence-electron chi connectivity index (χ0n) is 16.1. The number of carbonyl (C=O) groups excluding carboxylic acids is 1. The van der Waals surface area contributed by atoms with Crippen molar-refractivity contribution in [2.75, 3.05) is 13.1 Å². The first-order chi connectivity index (χ1) is 12.3. The average Bonchev–Trinajstić information content (AvgIpc) is 2.96. The van der Waals surface area contributed by atoms with Gasteiger partial charge in [0.15, 0.2) is 5.78 Å². The van der Waals surface area contributed by atoms with Gasteiger partial charge < -0.3 is 0 Å². The van der Waals surface area contributed by atoms with E-state index in [1.165, 1.54) is 5.56 Å². The second-order valence-corrected chi connectivity index (χ2v) is 8.06. The van der Waals surface area contributed by atoms with Gasteiger partial charge >= 0.3 is 0 Å². The molecule has 0 saturated carbocycles. The quantitative estimate of drug-likeness (QED) is 0.630. The molecular formula is C20H28N4OS. The molecule has 1 saturated heterocycles. The molecule has 0 radical (unpaired) electrons. The number of aryl methyl sites for hydroxylation is 2. The molecule has 26 heavy (non-hydrogen) atoms. The van der Waals surface area contributed by atoms with Gasteiger partial charge in [0.05, 0.1) is 6.67 Å². The minimum absolute atomic E-state index is 0.119. The van der Waals surface area contributed by atoms with Gasteiger partial charge in [-0.25, -0.2) is 9.67 Å². The van der Waals surface area contributed by atoms with E-state index in [9.17, 15) is 4.79 Å². The fourth-order valence-electron chi connectivity index (χ4n) is 3.58. The van der Waals surface area contributed by atoms with Crippen LogP contribution in [0.4, 0.5) is 0 Å². The van der Waals surface area contributed by atoms with E-state index >= 15 is 0 Å². The van der Waals surface area contributed by atoms with Gasteiger partial charge in [-0.15, -0.1) is 0 Å². The Morgan fingerprint density at radius 2 is 2.00 bits per heavy atom. The summed E-state index contributed by atoms with van der Waals surface area (Å²) in [5, 5.41) is 3.29. The van der Waals surface area contributed by atoms with Crippen LogP contribution >= 0.6 is 12.2 Å². The van der Waals surface area contributed by atoms with Crippen LogP contribution in [0.3, 0.4) is 0 Å². The lowest BCUT2D eigenvalue weighted by molar-refractivity contribution is 0.0802. The monoisotopic (exact) mass is 372 g/mol. The van der Waals surface area contributed by atoms with Gasteiger partial charge in [0, 0.05) is 30.5 Å². The maximum absolute atomic E-state index is 12.9. The Labute approximate surface area is 160 Å². The van der Waals surface area contributed by atoms with Crippen LogP contribution in [-0.2, 0) is 6.67 Å². The second-order valence-electron chi connectivity index (χ2n) is 7.69. The van der Waals surface area contributed by atoms with Gasteiger partial charge in [0.25, 0.3) is 0 Å². The lowest BCUT2D eigenvalue weighted by atomic mass is 9.87. The molecule has 0 atom stereocenters. The standard InChI is InChI=1S/C20H28N4OS/c1-13(2)19-21-20(26)24(22-19)12-23-9-7-16(8-10-23)18(25)17-6-5-14(3)11-15(17)4/h5-6,11,13,16H,7-10,12H2,1-4H3,(H,21,22,26). The molecule has 5 nitrogen and oxygen atoms in total. The molecular weight excluding hydrogens is 344 g/mol. The fraction of sp³-hybridized carbons (Fsp3) is 0.550. The number of piperidine rings is 1. The van der Waals surface area contributed by atoms with Crippen LogP contribution in [0.25, 0.3) is 0 Å². The Bertz CT molecular complexity index is 844. The summed E-state index contributed by atoms with van der Waals surface area (Å²) in [6.07, 6.45) is 1.79. The van der Waals surface area contributed by atoms with Gasteiger partial charge in [-0.1, -0.05) is 37.6 Å². The third kappa shape index (κ3) is 4.13. The Kier molecular flexibility index (Phi) is 5.73. The maximum atomic E-state index is 12.9. The number of hydrogen-bond acceptors (Lipinski definition) is 4. The van der Waals surface area contributed by atoms with Crippen LogP contribution in [0.2, 0.25) is 0 Å². The zero-order valence-corrected chi connectivity index (χ0v) is 16.9. The van der Waals surface area contributed by atoms with E-state index in [1.807, 2.05) is 23.7 Å². The second kappa shape index (κ2) is 7.84. The Morgan fingerprint density at radius 1 is 1.31 bits per heavy atom. The summed E-state index contributed by atoms with van der Waals surface area (Å²) >= 11 is 5.35. The Hall–Kier alpha value is -1.79. The smallest absolute Gasteiger partial charge is 0.217 e. The highest BCUT2D eigenvalue weighted by atomic mass is 32.1. The van der Waals surface area contributed by atoms with E-state index in [-0.39, 0.29) is 5.92 Å². The number of nitrogens with zero attached hydrogens (tertiary/aromatic N) is 3. The highest BCUT2D eigenvalue weighted by molar-refractivity contribution is 7.71. The molecule has 2 aromatic rings. The average molecular weight is 373 g/mol. The van der Waals surface area contributed by atoms with Crippen LogP contribution in [-0.4, -0.2) is 38.5 Å². The van der Waals surface area contributed by atoms with E-state index < -0.39 is 0 Å². The van der Waals surface area contributed by atoms with Crippen molar-refractivity contribution in [1.29, 1.82) is 0 Å². The molecule has 1 aliphatic heterocycles. The topological polar surface area (TPSA) is 53.9 Å². The summed E-state index contributed by atoms with van der Waals surface area (Å²) in [6.45, 7) is 10.8. The van der Waals surface area contributed by atoms with E-state index in [2.05, 4.69) is 41.8 Å². The minimum Gasteiger partial charge on any atom is -0.294 e. The fourth-order valence-corrected chi connectivity index (χ4v) is 3.78. The third-order valence-corrected chi connectivity index (χ3v) is 5.50. The Morgan fingerprint density at radius 3 is 2.58 bits per heavy atom. The first-order valence-electron chi connectivity index (χ1n) is 9.35. The number of rotatable bonds is 5. The normalized spacial score (nSPS) is 16.3. The summed E-state index contributed by atoms with van der Waals surface area (Å²) in [6, 6.07) is 6.10. The SMILES string of the molecule is Cc1ccc(C(=O)C2CCN(Cn3[nH]c(C(C)C)nc3=S)CC2)c(C)c1. The number of hydrogen-bond donors (Lipinski definition) is 1. The first-order valence-corrected chi connectivity index (χ1v) is 9.76. The number of aromatic amines is 1. The van der Waals surface area contributed by atoms with Gasteiger partial charge in [0.1, 0.15) is 5.82 Å². The highest BCUT2D eigenvalue weighted by Crippen LogP contribution is 2.24. The van der Waals surface area contributed by atoms with Crippen LogP contribution in [0, 0.1) is 24.5 Å². The van der Waals surface area contributed by atoms with Crippen LogP contribution < -0.4 is 0 Å². The zero-order chi connectivity index (χ0) is 18.8. The van der Waals surface area contributed by atoms with Crippen LogP contribution in [0.5, 0.6) is 0 Å². The molecule has 0 aliphatic carbocycles. The summed E-state index contributed by atoms with van der Waals surface area (Å²) in [5.41, 5.74) is 3.17. The molecule has 6 heteroatoms. The number of benzene rings is 1. The predicted molar refractivity (Wildman–Crippen MR) is 106 cm³/mol. The largest absolute Gasteiger partial charge is 0.294 e. The molecule has 0 amide bonds. The molecule has 1 fully saturated rings. The van der Waals surface area contributed by atoms with E-state index in [0.717, 1.165) is 42.9 Å². The molecule has 2 heterocycles. The van der Waals surface area contributed by atoms with Crippen molar-refractivity contribution in [3.8, 4) is 0 Å². The van der Waals surface area contributed by atoms with Gasteiger partial charge in [0.2, 0.25) is 4.77 Å². The number of nitrogens with one attached hydrogen (secondary N) is 1. The Balaban J connectivity index is 1.60. The van der Waals surface area contributed by atoms with Crippen LogP contribution in [0.1, 0.15) is 59.9 Å². The summed E-state index contributed by atoms with van der Waals surface area (Å²) in [7, 11) is 0. The summed E-state index contributed by atoms with van der Waals surface area (Å²) in [5.74, 6) is 1.67. The molecule has 140 valence electrons. The first kappa shape index (κ1) is 19.0. The number of likely N-dealkylation sites (tertiary alicyclic amines) is 1. The lowest BCUT2D eigenvalue weighted by Gasteiger charge is -2.31. The number of Topliss-reactive ketones (excluding diaryl/α,β-unsaturated/α-hetero) is 1. The van der Waals surface area contributed by atoms with Gasteiger partial charge in [-0.2, -0.15) is 0 Å². The maximum Gasteiger partial charge on any atom is 0.217 e. The number of ketones is 1. The van der Waals surface area contributed by atoms with Crippen molar-refractivity contribution in [3.63, 3.8) is 0 Å². The van der Waals surface area contributed by atoms with Crippen molar-refractivity contribution < 1.29 is 4.79 Å².